The molecule has 0 unspecified atom stereocenters. The number of fused-ring (bicyclic) bond motifs is 2. The smallest absolute Gasteiger partial charge is 0.341 e. The first-order chi connectivity index (χ1) is 16.5. The third-order valence-corrected chi connectivity index (χ3v) is 7.20. The first kappa shape index (κ1) is 22.4. The molecule has 1 atom stereocenters. The van der Waals surface area contributed by atoms with Gasteiger partial charge in [0.05, 0.1) is 23.2 Å². The Morgan fingerprint density at radius 1 is 1.12 bits per heavy atom. The number of esters is 1. The number of carbonyl (C=O) groups is 1. The van der Waals surface area contributed by atoms with E-state index < -0.39 is 11.8 Å². The molecule has 2 aromatic heterocycles. The lowest BCUT2D eigenvalue weighted by molar-refractivity contribution is 0.0521. The van der Waals surface area contributed by atoms with Gasteiger partial charge >= 0.3 is 5.97 Å². The Kier molecular flexibility index (Phi) is 6.02. The number of rotatable bonds is 5. The van der Waals surface area contributed by atoms with Crippen LogP contribution in [0.1, 0.15) is 73.1 Å². The number of halogens is 2. The maximum atomic E-state index is 15.0. The molecule has 176 valence electrons. The number of aromatic nitrogens is 3. The van der Waals surface area contributed by atoms with Crippen LogP contribution >= 0.6 is 0 Å². The van der Waals surface area contributed by atoms with E-state index in [9.17, 15) is 13.6 Å². The molecule has 7 heteroatoms. The molecule has 5 nitrogen and oxygen atoms in total. The fourth-order valence-corrected chi connectivity index (χ4v) is 5.30. The summed E-state index contributed by atoms with van der Waals surface area (Å²) in [6.45, 7) is 3.99. The van der Waals surface area contributed by atoms with Gasteiger partial charge in [-0.2, -0.15) is 0 Å². The van der Waals surface area contributed by atoms with E-state index in [2.05, 4.69) is 21.9 Å². The molecule has 2 heterocycles. The third kappa shape index (κ3) is 4.04. The predicted octanol–water partition coefficient (Wildman–Crippen LogP) is 6.64. The van der Waals surface area contributed by atoms with Gasteiger partial charge in [-0.05, 0) is 86.4 Å². The second kappa shape index (κ2) is 9.12. The van der Waals surface area contributed by atoms with Gasteiger partial charge in [-0.15, -0.1) is 0 Å². The highest BCUT2D eigenvalue weighted by molar-refractivity contribution is 5.94. The quantitative estimate of drug-likeness (QED) is 0.337. The van der Waals surface area contributed by atoms with E-state index >= 15 is 0 Å². The van der Waals surface area contributed by atoms with E-state index in [4.69, 9.17) is 4.74 Å². The third-order valence-electron chi connectivity index (χ3n) is 7.20. The summed E-state index contributed by atoms with van der Waals surface area (Å²) < 4.78 is 33.8. The normalized spacial score (nSPS) is 19.4. The molecule has 1 aliphatic carbocycles. The van der Waals surface area contributed by atoms with Crippen LogP contribution in [0.2, 0.25) is 0 Å². The molecule has 0 bridgehead atoms. The number of carbonyl (C=O) groups excluding carboxylic acids is 1. The average Bonchev–Trinajstić information content (AvgIpc) is 3.29. The number of imidazole rings is 1. The summed E-state index contributed by atoms with van der Waals surface area (Å²) in [6, 6.07) is 9.86. The molecular weight excluding hydrogens is 436 g/mol. The fourth-order valence-electron chi connectivity index (χ4n) is 5.30. The first-order valence-corrected chi connectivity index (χ1v) is 11.9. The van der Waals surface area contributed by atoms with E-state index in [1.54, 1.807) is 31.3 Å². The highest BCUT2D eigenvalue weighted by Crippen LogP contribution is 2.43. The Morgan fingerprint density at radius 2 is 1.88 bits per heavy atom. The summed E-state index contributed by atoms with van der Waals surface area (Å²) in [5.41, 5.74) is 2.64. The minimum atomic E-state index is -0.673. The van der Waals surface area contributed by atoms with Gasteiger partial charge in [-0.3, -0.25) is 4.98 Å². The summed E-state index contributed by atoms with van der Waals surface area (Å²) in [4.78, 5) is 24.2. The molecule has 0 saturated heterocycles. The van der Waals surface area contributed by atoms with Crippen LogP contribution in [0, 0.1) is 17.6 Å². The number of nitrogens with zero attached hydrogens (tertiary/aromatic N) is 2. The Labute approximate surface area is 196 Å². The van der Waals surface area contributed by atoms with E-state index in [0.717, 1.165) is 48.0 Å². The van der Waals surface area contributed by atoms with Gasteiger partial charge in [-0.25, -0.2) is 18.6 Å². The van der Waals surface area contributed by atoms with Crippen LogP contribution in [0.5, 0.6) is 0 Å². The molecule has 1 N–H and O–H groups in total. The van der Waals surface area contributed by atoms with Crippen LogP contribution in [0.3, 0.4) is 0 Å². The first-order valence-electron chi connectivity index (χ1n) is 11.9. The van der Waals surface area contributed by atoms with E-state index in [1.807, 2.05) is 6.07 Å². The van der Waals surface area contributed by atoms with Crippen LogP contribution in [-0.4, -0.2) is 27.5 Å². The van der Waals surface area contributed by atoms with Crippen LogP contribution in [0.4, 0.5) is 8.78 Å². The number of hydrogen-bond donors (Lipinski definition) is 1. The van der Waals surface area contributed by atoms with E-state index in [-0.39, 0.29) is 29.4 Å². The lowest BCUT2D eigenvalue weighted by atomic mass is 9.73. The van der Waals surface area contributed by atoms with Crippen LogP contribution in [0.25, 0.3) is 21.9 Å². The van der Waals surface area contributed by atoms with Crippen molar-refractivity contribution in [3.8, 4) is 0 Å². The summed E-state index contributed by atoms with van der Waals surface area (Å²) >= 11 is 0. The zero-order valence-corrected chi connectivity index (χ0v) is 19.3. The van der Waals surface area contributed by atoms with Gasteiger partial charge in [0, 0.05) is 17.5 Å². The Bertz CT molecular complexity index is 1360. The lowest BCUT2D eigenvalue weighted by Crippen LogP contribution is -2.19. The molecule has 1 aliphatic rings. The van der Waals surface area contributed by atoms with Gasteiger partial charge in [0.25, 0.3) is 0 Å². The number of ether oxygens (including phenoxy) is 1. The number of hydrogen-bond acceptors (Lipinski definition) is 4. The molecule has 4 aromatic rings. The van der Waals surface area contributed by atoms with Gasteiger partial charge in [0.1, 0.15) is 17.2 Å². The van der Waals surface area contributed by atoms with Crippen LogP contribution in [0.15, 0.2) is 42.6 Å². The van der Waals surface area contributed by atoms with Crippen molar-refractivity contribution in [3.63, 3.8) is 0 Å². The standard InChI is InChI=1S/C27H27F2N3O2/c1-3-34-27(33)20-9-11-23-25(24(20)29)32-26(31-23)15(2)16-4-6-17(7-5-16)19-12-13-30-22-10-8-18(28)14-21(19)22/h8-17H,3-7H2,1-2H3,(H,31,32)/t15-,16?,17?/m1/s1. The average molecular weight is 464 g/mol. The minimum absolute atomic E-state index is 0.0845. The van der Waals surface area contributed by atoms with Crippen LogP contribution < -0.4 is 0 Å². The number of aromatic amines is 1. The van der Waals surface area contributed by atoms with Gasteiger partial charge < -0.3 is 9.72 Å². The SMILES string of the molecule is CCOC(=O)c1ccc2nc([C@H](C)C3CCC(c4ccnc5ccc(F)cc45)CC3)[nH]c2c1F. The number of nitrogens with one attached hydrogen (secondary N) is 1. The van der Waals surface area contributed by atoms with Crippen molar-refractivity contribution in [2.24, 2.45) is 5.92 Å². The van der Waals surface area contributed by atoms with Crippen molar-refractivity contribution in [1.82, 2.24) is 15.0 Å². The Morgan fingerprint density at radius 3 is 2.65 bits per heavy atom. The maximum absolute atomic E-state index is 15.0. The van der Waals surface area contributed by atoms with Crippen molar-refractivity contribution in [2.75, 3.05) is 6.61 Å². The highest BCUT2D eigenvalue weighted by Gasteiger charge is 2.30. The van der Waals surface area contributed by atoms with E-state index in [0.29, 0.717) is 17.4 Å². The number of H-pyrrole nitrogens is 1. The molecule has 5 rings (SSSR count). The lowest BCUT2D eigenvalue weighted by Gasteiger charge is -2.32. The topological polar surface area (TPSA) is 67.9 Å². The predicted molar refractivity (Wildman–Crippen MR) is 127 cm³/mol. The Hall–Kier alpha value is -3.35. The zero-order chi connectivity index (χ0) is 23.8. The van der Waals surface area contributed by atoms with Gasteiger partial charge in [0.15, 0.2) is 5.82 Å². The summed E-state index contributed by atoms with van der Waals surface area (Å²) in [5.74, 6) is 0.0630. The molecule has 0 spiro atoms. The highest BCUT2D eigenvalue weighted by atomic mass is 19.1. The molecule has 0 radical (unpaired) electrons. The molecular formula is C27H27F2N3O2. The fraction of sp³-hybridized carbons (Fsp3) is 0.370. The van der Waals surface area contributed by atoms with Gasteiger partial charge in [0.2, 0.25) is 0 Å². The van der Waals surface area contributed by atoms with Crippen LogP contribution in [-0.2, 0) is 4.74 Å². The summed E-state index contributed by atoms with van der Waals surface area (Å²) in [7, 11) is 0. The zero-order valence-electron chi connectivity index (χ0n) is 19.3. The second-order valence-electron chi connectivity index (χ2n) is 9.13. The maximum Gasteiger partial charge on any atom is 0.341 e. The summed E-state index contributed by atoms with van der Waals surface area (Å²) in [5, 5.41) is 0.893. The summed E-state index contributed by atoms with van der Waals surface area (Å²) in [6.07, 6.45) is 5.79. The molecule has 34 heavy (non-hydrogen) atoms. The van der Waals surface area contributed by atoms with Crippen molar-refractivity contribution in [1.29, 1.82) is 0 Å². The second-order valence-corrected chi connectivity index (χ2v) is 9.13. The largest absolute Gasteiger partial charge is 0.462 e. The van der Waals surface area contributed by atoms with Crippen molar-refractivity contribution in [3.05, 3.63) is 71.2 Å². The Balaban J connectivity index is 1.33. The number of pyridine rings is 1. The minimum Gasteiger partial charge on any atom is -0.462 e. The molecule has 1 saturated carbocycles. The van der Waals surface area contributed by atoms with Crippen molar-refractivity contribution >= 4 is 27.9 Å². The van der Waals surface area contributed by atoms with Gasteiger partial charge in [-0.1, -0.05) is 6.92 Å². The molecule has 1 fully saturated rings. The molecule has 0 aliphatic heterocycles. The molecule has 2 aromatic carbocycles. The molecule has 0 amide bonds. The monoisotopic (exact) mass is 463 g/mol. The van der Waals surface area contributed by atoms with Crippen molar-refractivity contribution in [2.45, 2.75) is 51.4 Å². The number of benzene rings is 2. The van der Waals surface area contributed by atoms with E-state index in [1.165, 1.54) is 12.1 Å². The van der Waals surface area contributed by atoms with Crippen molar-refractivity contribution < 1.29 is 18.3 Å².